The second-order valence-corrected chi connectivity index (χ2v) is 12.5. The van der Waals surface area contributed by atoms with E-state index in [4.69, 9.17) is 15.2 Å². The quantitative estimate of drug-likeness (QED) is 0.0499. The smallest absolute Gasteiger partial charge is 0.136 e. The molecule has 5 heteroatoms. The lowest BCUT2D eigenvalue weighted by atomic mass is 10.1. The summed E-state index contributed by atoms with van der Waals surface area (Å²) >= 11 is 0. The molecule has 0 saturated carbocycles. The third-order valence-corrected chi connectivity index (χ3v) is 8.15. The summed E-state index contributed by atoms with van der Waals surface area (Å²) in [4.78, 5) is 0. The molecule has 0 heterocycles. The third kappa shape index (κ3) is 31.0. The molecule has 0 saturated heterocycles. The Bertz CT molecular complexity index is 516. The Kier molecular flexibility index (Phi) is 35.9. The van der Waals surface area contributed by atoms with Crippen molar-refractivity contribution in [1.29, 1.82) is 0 Å². The number of hydrogen-bond acceptors (Lipinski definition) is 3. The van der Waals surface area contributed by atoms with Gasteiger partial charge in [0.1, 0.15) is 19.3 Å². The summed E-state index contributed by atoms with van der Waals surface area (Å²) < 4.78 is 13.3. The second-order valence-electron chi connectivity index (χ2n) is 12.5. The summed E-state index contributed by atoms with van der Waals surface area (Å²) in [5, 5.41) is 0. The van der Waals surface area contributed by atoms with Crippen molar-refractivity contribution >= 4 is 0 Å². The molecule has 0 radical (unpaired) electrons. The van der Waals surface area contributed by atoms with Gasteiger partial charge in [0, 0.05) is 19.6 Å². The van der Waals surface area contributed by atoms with Crippen LogP contribution in [0.2, 0.25) is 0 Å². The van der Waals surface area contributed by atoms with Crippen LogP contribution in [0, 0.1) is 0 Å². The fraction of sp³-hybridized carbons (Fsp3) is 0.889. The summed E-state index contributed by atoms with van der Waals surface area (Å²) in [5.41, 5.74) is 5.82. The molecule has 2 N–H and O–H groups in total. The van der Waals surface area contributed by atoms with Crippen LogP contribution in [-0.4, -0.2) is 64.1 Å². The van der Waals surface area contributed by atoms with Gasteiger partial charge in [-0.2, -0.15) is 0 Å². The number of nitrogens with zero attached hydrogens (tertiary/aromatic N) is 1. The average Bonchev–Trinajstić information content (AvgIpc) is 2.95. The van der Waals surface area contributed by atoms with Crippen LogP contribution in [0.3, 0.4) is 0 Å². The highest BCUT2D eigenvalue weighted by molar-refractivity contribution is 4.81. The van der Waals surface area contributed by atoms with Crippen LogP contribution < -0.4 is 22.7 Å². The normalized spacial score (nSPS) is 12.2. The van der Waals surface area contributed by atoms with E-state index in [-0.39, 0.29) is 17.0 Å². The number of quaternary nitrogens is 1. The Morgan fingerprint density at radius 2 is 0.902 bits per heavy atom. The largest absolute Gasteiger partial charge is 1.00 e. The van der Waals surface area contributed by atoms with Crippen LogP contribution >= 0.6 is 0 Å². The van der Waals surface area contributed by atoms with Crippen molar-refractivity contribution in [1.82, 2.24) is 0 Å². The van der Waals surface area contributed by atoms with Gasteiger partial charge in [-0.15, -0.1) is 0 Å². The minimum Gasteiger partial charge on any atom is -1.00 e. The summed E-state index contributed by atoms with van der Waals surface area (Å²) in [7, 11) is 4.62. The summed E-state index contributed by atoms with van der Waals surface area (Å²) in [5.74, 6) is 0. The zero-order valence-corrected chi connectivity index (χ0v) is 29.8. The van der Waals surface area contributed by atoms with Gasteiger partial charge < -0.3 is 36.7 Å². The number of likely N-dealkylation sites (N-methyl/N-ethyl adjacent to an activating group) is 1. The van der Waals surface area contributed by atoms with Crippen LogP contribution in [0.1, 0.15) is 149 Å². The first-order valence-corrected chi connectivity index (χ1v) is 17.6. The van der Waals surface area contributed by atoms with E-state index < -0.39 is 0 Å². The molecule has 0 spiro atoms. The fourth-order valence-corrected chi connectivity index (χ4v) is 5.06. The molecule has 0 aromatic heterocycles. The van der Waals surface area contributed by atoms with Crippen molar-refractivity contribution in [3.63, 3.8) is 0 Å². The number of ether oxygens (including phenoxy) is 2. The van der Waals surface area contributed by atoms with E-state index in [1.54, 1.807) is 0 Å². The van der Waals surface area contributed by atoms with Gasteiger partial charge in [-0.3, -0.25) is 0 Å². The lowest BCUT2D eigenvalue weighted by molar-refractivity contribution is -0.916. The molecule has 0 aromatic rings. The van der Waals surface area contributed by atoms with E-state index in [0.717, 1.165) is 50.4 Å². The molecule has 0 amide bonds. The van der Waals surface area contributed by atoms with Crippen molar-refractivity contribution < 1.29 is 30.9 Å². The fourth-order valence-electron chi connectivity index (χ4n) is 5.06. The summed E-state index contributed by atoms with van der Waals surface area (Å²) in [6.45, 7) is 9.68. The van der Waals surface area contributed by atoms with Gasteiger partial charge in [-0.25, -0.2) is 0 Å². The van der Waals surface area contributed by atoms with Gasteiger partial charge in [0.25, 0.3) is 0 Å². The SMILES string of the molecule is CCCCC/C=C\CCCCCCCOCC(COCCCCCCC/C=C\CCCCC)[N+](C)(C)CCCN.[Br-]. The molecule has 0 rings (SSSR count). The van der Waals surface area contributed by atoms with E-state index in [2.05, 4.69) is 52.2 Å². The number of allylic oxidation sites excluding steroid dienone is 4. The first kappa shape index (κ1) is 42.9. The molecular weight excluding hydrogens is 572 g/mol. The monoisotopic (exact) mass is 644 g/mol. The predicted molar refractivity (Wildman–Crippen MR) is 178 cm³/mol. The molecule has 0 aliphatic rings. The Morgan fingerprint density at radius 1 is 0.537 bits per heavy atom. The first-order chi connectivity index (χ1) is 19.6. The van der Waals surface area contributed by atoms with Crippen molar-refractivity contribution in [2.45, 2.75) is 155 Å². The second kappa shape index (κ2) is 34.3. The zero-order valence-electron chi connectivity index (χ0n) is 28.2. The lowest BCUT2D eigenvalue weighted by Crippen LogP contribution is -3.00. The van der Waals surface area contributed by atoms with Crippen LogP contribution in [0.5, 0.6) is 0 Å². The molecule has 0 bridgehead atoms. The predicted octanol–water partition coefficient (Wildman–Crippen LogP) is 6.77. The van der Waals surface area contributed by atoms with Crippen molar-refractivity contribution in [3.05, 3.63) is 24.3 Å². The number of unbranched alkanes of at least 4 members (excludes halogenated alkanes) is 16. The lowest BCUT2D eigenvalue weighted by Gasteiger charge is -2.38. The zero-order chi connectivity index (χ0) is 29.4. The molecule has 246 valence electrons. The van der Waals surface area contributed by atoms with Crippen molar-refractivity contribution in [2.24, 2.45) is 5.73 Å². The van der Waals surface area contributed by atoms with Crippen molar-refractivity contribution in [2.75, 3.05) is 53.6 Å². The highest BCUT2D eigenvalue weighted by Gasteiger charge is 2.28. The van der Waals surface area contributed by atoms with Gasteiger partial charge in [-0.05, 0) is 70.8 Å². The minimum atomic E-state index is 0. The van der Waals surface area contributed by atoms with E-state index >= 15 is 0 Å². The maximum Gasteiger partial charge on any atom is 0.136 e. The first-order valence-electron chi connectivity index (χ1n) is 17.6. The van der Waals surface area contributed by atoms with Crippen LogP contribution in [0.25, 0.3) is 0 Å². The summed E-state index contributed by atoms with van der Waals surface area (Å²) in [6, 6.07) is 0.375. The Hall–Kier alpha value is -0.200. The molecular formula is C36H73BrN2O2. The topological polar surface area (TPSA) is 44.5 Å². The Morgan fingerprint density at radius 3 is 1.29 bits per heavy atom. The maximum atomic E-state index is 6.18. The number of rotatable bonds is 32. The number of nitrogens with two attached hydrogens (primary N) is 1. The Balaban J connectivity index is 0. The van der Waals surface area contributed by atoms with Gasteiger partial charge in [-0.1, -0.05) is 102 Å². The van der Waals surface area contributed by atoms with E-state index in [9.17, 15) is 0 Å². The number of halogens is 1. The van der Waals surface area contributed by atoms with E-state index in [0.29, 0.717) is 6.04 Å². The standard InChI is InChI=1S/C36H73N2O2.BrH/c1-5-7-9-11-13-15-17-19-21-23-25-27-32-39-34-36(38(3,4)31-29-30-37)35-40-33-28-26-24-22-20-18-16-14-12-10-8-6-2;/h13-16,36H,5-12,17-35,37H2,1-4H3;1H/q+1;/p-1/b15-13-,16-14-;. The molecule has 0 aliphatic carbocycles. The molecule has 41 heavy (non-hydrogen) atoms. The van der Waals surface area contributed by atoms with Crippen LogP contribution in [0.15, 0.2) is 24.3 Å². The Labute approximate surface area is 268 Å². The molecule has 4 nitrogen and oxygen atoms in total. The minimum absolute atomic E-state index is 0. The number of hydrogen-bond donors (Lipinski definition) is 1. The highest BCUT2D eigenvalue weighted by atomic mass is 79.9. The molecule has 0 atom stereocenters. The molecule has 0 aliphatic heterocycles. The third-order valence-electron chi connectivity index (χ3n) is 8.15. The van der Waals surface area contributed by atoms with Gasteiger partial charge in [0.05, 0.1) is 20.6 Å². The van der Waals surface area contributed by atoms with Gasteiger partial charge >= 0.3 is 0 Å². The molecule has 0 unspecified atom stereocenters. The molecule has 0 fully saturated rings. The van der Waals surface area contributed by atoms with Crippen molar-refractivity contribution in [3.8, 4) is 0 Å². The molecule has 0 aromatic carbocycles. The summed E-state index contributed by atoms with van der Waals surface area (Å²) in [6.07, 6.45) is 36.6. The van der Waals surface area contributed by atoms with E-state index in [1.807, 2.05) is 0 Å². The van der Waals surface area contributed by atoms with Crippen LogP contribution in [-0.2, 0) is 9.47 Å². The maximum absolute atomic E-state index is 6.18. The van der Waals surface area contributed by atoms with Gasteiger partial charge in [0.2, 0.25) is 0 Å². The highest BCUT2D eigenvalue weighted by Crippen LogP contribution is 2.13. The van der Waals surface area contributed by atoms with Gasteiger partial charge in [0.15, 0.2) is 0 Å². The average molecular weight is 646 g/mol. The van der Waals surface area contributed by atoms with E-state index in [1.165, 1.54) is 128 Å². The van der Waals surface area contributed by atoms with Crippen LogP contribution in [0.4, 0.5) is 0 Å².